The molecule has 0 saturated heterocycles. The molecule has 0 rings (SSSR count). The van der Waals surface area contributed by atoms with Crippen LogP contribution in [0.15, 0.2) is 0 Å². The highest BCUT2D eigenvalue weighted by molar-refractivity contribution is 9.09. The van der Waals surface area contributed by atoms with E-state index in [9.17, 15) is 4.57 Å². The molecule has 14 heavy (non-hydrogen) atoms. The van der Waals surface area contributed by atoms with Crippen LogP contribution in [0.2, 0.25) is 0 Å². The summed E-state index contributed by atoms with van der Waals surface area (Å²) < 4.78 is 21.9. The van der Waals surface area contributed by atoms with Crippen LogP contribution in [-0.4, -0.2) is 22.9 Å². The lowest BCUT2D eigenvalue weighted by Gasteiger charge is -2.16. The van der Waals surface area contributed by atoms with E-state index in [1.807, 2.05) is 13.8 Å². The highest BCUT2D eigenvalue weighted by atomic mass is 79.9. The van der Waals surface area contributed by atoms with Gasteiger partial charge >= 0.3 is 8.25 Å². The summed E-state index contributed by atoms with van der Waals surface area (Å²) in [6.07, 6.45) is 1.62. The van der Waals surface area contributed by atoms with Crippen LogP contribution in [0.5, 0.6) is 0 Å². The van der Waals surface area contributed by atoms with Crippen LogP contribution in [0, 0.1) is 0 Å². The molecular formula is C8H17Br2O3P. The molecule has 0 bridgehead atoms. The first kappa shape index (κ1) is 15.1. The van der Waals surface area contributed by atoms with Gasteiger partial charge in [-0.25, -0.2) is 0 Å². The van der Waals surface area contributed by atoms with Gasteiger partial charge in [0, 0.05) is 10.7 Å². The monoisotopic (exact) mass is 350 g/mol. The van der Waals surface area contributed by atoms with Gasteiger partial charge in [0.25, 0.3) is 0 Å². The third-order valence-electron chi connectivity index (χ3n) is 1.78. The van der Waals surface area contributed by atoms with E-state index in [1.54, 1.807) is 0 Å². The van der Waals surface area contributed by atoms with Gasteiger partial charge in [-0.2, -0.15) is 0 Å². The minimum atomic E-state index is -2.35. The van der Waals surface area contributed by atoms with E-state index in [2.05, 4.69) is 31.9 Å². The summed E-state index contributed by atoms with van der Waals surface area (Å²) in [7, 11) is -2.35. The van der Waals surface area contributed by atoms with Gasteiger partial charge in [-0.15, -0.1) is 0 Å². The second-order valence-electron chi connectivity index (χ2n) is 2.85. The number of halogens is 2. The minimum absolute atomic E-state index is 0.0192. The SMILES string of the molecule is CCC(CBr)O[PH](=O)OC(CC)CBr. The van der Waals surface area contributed by atoms with Gasteiger partial charge in [0.05, 0.1) is 12.2 Å². The first-order valence-corrected chi connectivity index (χ1v) is 8.13. The van der Waals surface area contributed by atoms with E-state index < -0.39 is 8.25 Å². The summed E-state index contributed by atoms with van der Waals surface area (Å²) >= 11 is 6.58. The largest absolute Gasteiger partial charge is 0.319 e. The Balaban J connectivity index is 3.83. The van der Waals surface area contributed by atoms with Crippen LogP contribution in [0.3, 0.4) is 0 Å². The molecule has 2 atom stereocenters. The zero-order valence-corrected chi connectivity index (χ0v) is 12.6. The van der Waals surface area contributed by atoms with E-state index >= 15 is 0 Å². The smallest absolute Gasteiger partial charge is 0.306 e. The predicted molar refractivity (Wildman–Crippen MR) is 66.9 cm³/mol. The number of alkyl halides is 2. The molecule has 0 heterocycles. The van der Waals surface area contributed by atoms with Gasteiger partial charge in [0.15, 0.2) is 0 Å². The van der Waals surface area contributed by atoms with Crippen molar-refractivity contribution in [3.63, 3.8) is 0 Å². The van der Waals surface area contributed by atoms with Gasteiger partial charge in [-0.1, -0.05) is 45.7 Å². The molecule has 0 N–H and O–H groups in total. The van der Waals surface area contributed by atoms with E-state index in [-0.39, 0.29) is 12.2 Å². The third-order valence-corrected chi connectivity index (χ3v) is 4.28. The van der Waals surface area contributed by atoms with Gasteiger partial charge in [-0.3, -0.25) is 4.57 Å². The van der Waals surface area contributed by atoms with Crippen molar-refractivity contribution in [1.29, 1.82) is 0 Å². The predicted octanol–water partition coefficient (Wildman–Crippen LogP) is 3.76. The molecule has 0 spiro atoms. The van der Waals surface area contributed by atoms with E-state index in [4.69, 9.17) is 9.05 Å². The molecule has 2 unspecified atom stereocenters. The summed E-state index contributed by atoms with van der Waals surface area (Å²) in [4.78, 5) is 0. The maximum Gasteiger partial charge on any atom is 0.319 e. The third kappa shape index (κ3) is 6.57. The molecule has 3 nitrogen and oxygen atoms in total. The fourth-order valence-electron chi connectivity index (χ4n) is 0.748. The standard InChI is InChI=1S/C8H17Br2O3P/c1-3-7(5-9)12-14(11)13-8(4-2)6-10/h7-8,14H,3-6H2,1-2H3. The molecule has 0 aromatic heterocycles. The first-order chi connectivity index (χ1) is 6.67. The second-order valence-corrected chi connectivity index (χ2v) is 5.12. The van der Waals surface area contributed by atoms with Crippen molar-refractivity contribution in [3.8, 4) is 0 Å². The lowest BCUT2D eigenvalue weighted by molar-refractivity contribution is 0.146. The Bertz CT molecular complexity index is 145. The maximum atomic E-state index is 11.4. The average Bonchev–Trinajstić information content (AvgIpc) is 2.22. The molecule has 86 valence electrons. The Morgan fingerprint density at radius 3 is 1.64 bits per heavy atom. The Kier molecular flexibility index (Phi) is 10.1. The highest BCUT2D eigenvalue weighted by Crippen LogP contribution is 2.30. The van der Waals surface area contributed by atoms with Crippen molar-refractivity contribution in [2.75, 3.05) is 10.7 Å². The van der Waals surface area contributed by atoms with Crippen molar-refractivity contribution in [2.45, 2.75) is 38.9 Å². The van der Waals surface area contributed by atoms with Crippen molar-refractivity contribution >= 4 is 40.1 Å². The number of hydrogen-bond donors (Lipinski definition) is 0. The zero-order chi connectivity index (χ0) is 11.0. The van der Waals surface area contributed by atoms with Crippen LogP contribution in [0.4, 0.5) is 0 Å². The van der Waals surface area contributed by atoms with Crippen molar-refractivity contribution in [1.82, 2.24) is 0 Å². The molecule has 0 aliphatic rings. The molecule has 0 aromatic carbocycles. The number of rotatable bonds is 8. The van der Waals surface area contributed by atoms with E-state index in [1.165, 1.54) is 0 Å². The molecule has 0 amide bonds. The molecule has 6 heteroatoms. The maximum absolute atomic E-state index is 11.4. The molecule has 0 aliphatic carbocycles. The summed E-state index contributed by atoms with van der Waals surface area (Å²) in [5, 5.41) is 1.38. The number of hydrogen-bond acceptors (Lipinski definition) is 3. The second kappa shape index (κ2) is 9.34. The lowest BCUT2D eigenvalue weighted by Crippen LogP contribution is -2.13. The fourth-order valence-corrected chi connectivity index (χ4v) is 3.52. The average molecular weight is 352 g/mol. The van der Waals surface area contributed by atoms with Crippen LogP contribution in [-0.2, 0) is 13.6 Å². The molecular weight excluding hydrogens is 335 g/mol. The topological polar surface area (TPSA) is 35.5 Å². The first-order valence-electron chi connectivity index (χ1n) is 4.67. The van der Waals surface area contributed by atoms with Crippen LogP contribution >= 0.6 is 40.1 Å². The van der Waals surface area contributed by atoms with E-state index in [0.717, 1.165) is 12.8 Å². The normalized spacial score (nSPS) is 17.7. The summed E-state index contributed by atoms with van der Waals surface area (Å²) in [5.41, 5.74) is 0. The summed E-state index contributed by atoms with van der Waals surface area (Å²) in [6.45, 7) is 3.98. The van der Waals surface area contributed by atoms with Gasteiger partial charge in [0.1, 0.15) is 0 Å². The van der Waals surface area contributed by atoms with E-state index in [0.29, 0.717) is 10.7 Å². The van der Waals surface area contributed by atoms with Gasteiger partial charge in [0.2, 0.25) is 0 Å². The van der Waals surface area contributed by atoms with Gasteiger partial charge in [-0.05, 0) is 12.8 Å². The van der Waals surface area contributed by atoms with Crippen LogP contribution < -0.4 is 0 Å². The molecule has 0 aliphatic heterocycles. The minimum Gasteiger partial charge on any atom is -0.306 e. The molecule has 0 fully saturated rings. The Hall–Kier alpha value is 1.11. The van der Waals surface area contributed by atoms with Crippen molar-refractivity contribution < 1.29 is 13.6 Å². The molecule has 0 radical (unpaired) electrons. The molecule has 0 saturated carbocycles. The quantitative estimate of drug-likeness (QED) is 0.493. The fraction of sp³-hybridized carbons (Fsp3) is 1.00. The summed E-state index contributed by atoms with van der Waals surface area (Å²) in [6, 6.07) is 0. The van der Waals surface area contributed by atoms with Crippen LogP contribution in [0.1, 0.15) is 26.7 Å². The Morgan fingerprint density at radius 2 is 1.43 bits per heavy atom. The van der Waals surface area contributed by atoms with Crippen molar-refractivity contribution in [3.05, 3.63) is 0 Å². The van der Waals surface area contributed by atoms with Crippen LogP contribution in [0.25, 0.3) is 0 Å². The molecule has 0 aromatic rings. The highest BCUT2D eigenvalue weighted by Gasteiger charge is 2.13. The van der Waals surface area contributed by atoms with Gasteiger partial charge < -0.3 is 9.05 Å². The lowest BCUT2D eigenvalue weighted by atomic mass is 10.3. The summed E-state index contributed by atoms with van der Waals surface area (Å²) in [5.74, 6) is 0. The zero-order valence-electron chi connectivity index (χ0n) is 8.46. The van der Waals surface area contributed by atoms with Crippen molar-refractivity contribution in [2.24, 2.45) is 0 Å². The Morgan fingerprint density at radius 1 is 1.07 bits per heavy atom. The Labute approximate surface area is 103 Å².